The van der Waals surface area contributed by atoms with E-state index in [4.69, 9.17) is 11.1 Å². The standard InChI is InChI=1S/C18H21AsFN5O2/c19-13(3-5-21)10-4-6-23(9-10)16-8-15-12(7-14(16)20)17(26)25(22)18(27)24(15)11-1-2-11/h7-8,10-11,13H,1-4,6,9,19,22H2. The van der Waals surface area contributed by atoms with E-state index in [1.54, 1.807) is 22.9 Å². The predicted octanol–water partition coefficient (Wildman–Crippen LogP) is 0.513. The van der Waals surface area contributed by atoms with Gasteiger partial charge >= 0.3 is 163 Å². The van der Waals surface area contributed by atoms with Crippen LogP contribution in [0.15, 0.2) is 21.7 Å². The Balaban J connectivity index is 1.80. The number of hydrogen-bond donors (Lipinski definition) is 1. The van der Waals surface area contributed by atoms with Gasteiger partial charge in [0.1, 0.15) is 0 Å². The third-order valence-corrected chi connectivity index (χ3v) is 7.23. The van der Waals surface area contributed by atoms with Crippen LogP contribution in [0.3, 0.4) is 0 Å². The number of nitrogens with zero attached hydrogens (tertiary/aromatic N) is 4. The molecule has 2 fully saturated rings. The average Bonchev–Trinajstić information content (AvgIpc) is 3.35. The van der Waals surface area contributed by atoms with E-state index in [1.807, 2.05) is 4.90 Å². The first-order valence-corrected chi connectivity index (χ1v) is 10.5. The van der Waals surface area contributed by atoms with Crippen molar-refractivity contribution in [2.75, 3.05) is 23.8 Å². The van der Waals surface area contributed by atoms with Crippen LogP contribution in [-0.2, 0) is 0 Å². The van der Waals surface area contributed by atoms with Gasteiger partial charge in [0.25, 0.3) is 0 Å². The molecule has 0 bridgehead atoms. The molecular weight excluding hydrogens is 412 g/mol. The van der Waals surface area contributed by atoms with E-state index in [9.17, 15) is 14.0 Å². The number of halogens is 1. The second-order valence-corrected chi connectivity index (χ2v) is 9.20. The zero-order chi connectivity index (χ0) is 19.3. The number of anilines is 1. The van der Waals surface area contributed by atoms with Crippen molar-refractivity contribution < 1.29 is 4.39 Å². The minimum absolute atomic E-state index is 0.0124. The molecule has 27 heavy (non-hydrogen) atoms. The van der Waals surface area contributed by atoms with Crippen LogP contribution in [0, 0.1) is 23.1 Å². The van der Waals surface area contributed by atoms with Crippen LogP contribution in [0.5, 0.6) is 0 Å². The number of nitrogen functional groups attached to an aromatic ring is 1. The Bertz CT molecular complexity index is 1070. The fourth-order valence-electron chi connectivity index (χ4n) is 3.91. The maximum atomic E-state index is 14.8. The summed E-state index contributed by atoms with van der Waals surface area (Å²) in [6.45, 7) is 1.37. The van der Waals surface area contributed by atoms with Gasteiger partial charge in [0.05, 0.1) is 0 Å². The molecule has 2 heterocycles. The van der Waals surface area contributed by atoms with Crippen molar-refractivity contribution in [2.45, 2.75) is 36.4 Å². The summed E-state index contributed by atoms with van der Waals surface area (Å²) in [4.78, 5) is 26.8. The molecule has 3 atom stereocenters. The summed E-state index contributed by atoms with van der Waals surface area (Å²) in [5.41, 5.74) is -0.382. The fraction of sp³-hybridized carbons (Fsp3) is 0.500. The van der Waals surface area contributed by atoms with Crippen LogP contribution < -0.4 is 22.0 Å². The normalized spacial score (nSPS) is 20.8. The number of hydrogen-bond acceptors (Lipinski definition) is 5. The SMILES string of the molecule is N#CCC([AsH2])C1CCN(c2cc3c(cc2F)c(=O)n(N)c(=O)n3C2CC2)C1. The first-order valence-electron chi connectivity index (χ1n) is 9.05. The van der Waals surface area contributed by atoms with Crippen LogP contribution in [0.2, 0.25) is 4.71 Å². The number of nitrogens with two attached hydrogens (primary N) is 1. The Morgan fingerprint density at radius 3 is 2.74 bits per heavy atom. The molecule has 0 radical (unpaired) electrons. The molecule has 2 N–H and O–H groups in total. The number of aromatic nitrogens is 2. The van der Waals surface area contributed by atoms with E-state index in [2.05, 4.69) is 6.07 Å². The zero-order valence-corrected chi connectivity index (χ0v) is 17.2. The van der Waals surface area contributed by atoms with E-state index in [1.165, 1.54) is 10.6 Å². The molecule has 1 aromatic heterocycles. The summed E-state index contributed by atoms with van der Waals surface area (Å²) < 4.78 is 17.2. The van der Waals surface area contributed by atoms with Gasteiger partial charge in [0, 0.05) is 0 Å². The monoisotopic (exact) mass is 433 g/mol. The molecule has 1 aromatic carbocycles. The van der Waals surface area contributed by atoms with E-state index in [0.717, 1.165) is 19.3 Å². The first kappa shape index (κ1) is 18.1. The van der Waals surface area contributed by atoms with Gasteiger partial charge < -0.3 is 0 Å². The zero-order valence-electron chi connectivity index (χ0n) is 14.8. The molecule has 1 aliphatic heterocycles. The van der Waals surface area contributed by atoms with Crippen LogP contribution in [0.4, 0.5) is 10.1 Å². The van der Waals surface area contributed by atoms with Crippen molar-refractivity contribution in [3.63, 3.8) is 0 Å². The van der Waals surface area contributed by atoms with Gasteiger partial charge in [-0.2, -0.15) is 0 Å². The number of nitriles is 1. The quantitative estimate of drug-likeness (QED) is 0.560. The summed E-state index contributed by atoms with van der Waals surface area (Å²) >= 11 is 1.54. The molecule has 2 aromatic rings. The van der Waals surface area contributed by atoms with Crippen LogP contribution in [0.25, 0.3) is 10.9 Å². The third kappa shape index (κ3) is 3.04. The molecule has 1 aliphatic carbocycles. The summed E-state index contributed by atoms with van der Waals surface area (Å²) in [6.07, 6.45) is 3.11. The van der Waals surface area contributed by atoms with E-state index < -0.39 is 17.1 Å². The summed E-state index contributed by atoms with van der Waals surface area (Å²) in [5.74, 6) is 5.48. The van der Waals surface area contributed by atoms with E-state index >= 15 is 0 Å². The van der Waals surface area contributed by atoms with Gasteiger partial charge in [0.2, 0.25) is 0 Å². The van der Waals surface area contributed by atoms with Gasteiger partial charge in [-0.3, -0.25) is 0 Å². The molecule has 0 spiro atoms. The minimum atomic E-state index is -0.679. The van der Waals surface area contributed by atoms with Crippen LogP contribution in [0.1, 0.15) is 31.7 Å². The van der Waals surface area contributed by atoms with Gasteiger partial charge in [-0.15, -0.1) is 0 Å². The van der Waals surface area contributed by atoms with Crippen molar-refractivity contribution in [1.29, 1.82) is 5.26 Å². The molecule has 7 nitrogen and oxygen atoms in total. The fourth-order valence-corrected chi connectivity index (χ4v) is 4.79. The van der Waals surface area contributed by atoms with Crippen molar-refractivity contribution >= 4 is 33.4 Å². The van der Waals surface area contributed by atoms with Crippen molar-refractivity contribution in [2.24, 2.45) is 5.92 Å². The second-order valence-electron chi connectivity index (χ2n) is 7.40. The Kier molecular flexibility index (Phi) is 4.51. The summed E-state index contributed by atoms with van der Waals surface area (Å²) in [7, 11) is 0. The number of rotatable bonds is 4. The van der Waals surface area contributed by atoms with Crippen molar-refractivity contribution in [3.8, 4) is 6.07 Å². The van der Waals surface area contributed by atoms with E-state index in [-0.39, 0.29) is 11.4 Å². The molecule has 0 amide bonds. The molecule has 2 aliphatic rings. The molecule has 9 heteroatoms. The Morgan fingerprint density at radius 1 is 1.33 bits per heavy atom. The van der Waals surface area contributed by atoms with Gasteiger partial charge in [-0.05, 0) is 0 Å². The van der Waals surface area contributed by atoms with Crippen molar-refractivity contribution in [3.05, 3.63) is 38.8 Å². The second kappa shape index (κ2) is 6.72. The topological polar surface area (TPSA) is 97.1 Å². The number of fused-ring (bicyclic) bond motifs is 1. The maximum absolute atomic E-state index is 14.8. The molecule has 4 rings (SSSR count). The van der Waals surface area contributed by atoms with Gasteiger partial charge in [-0.25, -0.2) is 0 Å². The molecule has 142 valence electrons. The Morgan fingerprint density at radius 2 is 2.07 bits per heavy atom. The Hall–Kier alpha value is -2.26. The predicted molar refractivity (Wildman–Crippen MR) is 104 cm³/mol. The first-order chi connectivity index (χ1) is 12.9. The van der Waals surface area contributed by atoms with Crippen LogP contribution >= 0.6 is 0 Å². The van der Waals surface area contributed by atoms with Crippen molar-refractivity contribution in [1.82, 2.24) is 9.24 Å². The molecular formula is C18H21AsFN5O2. The van der Waals surface area contributed by atoms with Gasteiger partial charge in [0.15, 0.2) is 0 Å². The van der Waals surface area contributed by atoms with E-state index in [0.29, 0.717) is 46.0 Å². The number of benzene rings is 1. The van der Waals surface area contributed by atoms with Crippen LogP contribution in [-0.4, -0.2) is 39.2 Å². The molecule has 1 saturated carbocycles. The summed E-state index contributed by atoms with van der Waals surface area (Å²) in [6, 6.07) is 5.05. The molecule has 3 unspecified atom stereocenters. The molecule has 1 saturated heterocycles. The average molecular weight is 433 g/mol. The van der Waals surface area contributed by atoms with Gasteiger partial charge in [-0.1, -0.05) is 0 Å². The third-order valence-electron chi connectivity index (χ3n) is 5.60. The summed E-state index contributed by atoms with van der Waals surface area (Å²) in [5, 5.41) is 9.04. The Labute approximate surface area is 163 Å².